The van der Waals surface area contributed by atoms with Crippen molar-refractivity contribution >= 4 is 0 Å². The highest BCUT2D eigenvalue weighted by molar-refractivity contribution is 4.93. The fourth-order valence-corrected chi connectivity index (χ4v) is 1.12. The van der Waals surface area contributed by atoms with Crippen LogP contribution in [0.2, 0.25) is 0 Å². The van der Waals surface area contributed by atoms with Crippen LogP contribution >= 0.6 is 0 Å². The molecule has 0 amide bonds. The number of aliphatic hydroxyl groups is 4. The molecule has 0 spiro atoms. The van der Waals surface area contributed by atoms with Crippen LogP contribution < -0.4 is 0 Å². The first-order valence-corrected chi connectivity index (χ1v) is 3.38. The van der Waals surface area contributed by atoms with Crippen molar-refractivity contribution in [3.63, 3.8) is 0 Å². The van der Waals surface area contributed by atoms with Gasteiger partial charge in [-0.1, -0.05) is 0 Å². The summed E-state index contributed by atoms with van der Waals surface area (Å²) in [5.74, 6) is -2.00. The van der Waals surface area contributed by atoms with E-state index in [1.807, 2.05) is 0 Å². The lowest BCUT2D eigenvalue weighted by atomic mass is 10.1. The van der Waals surface area contributed by atoms with Gasteiger partial charge in [-0.2, -0.15) is 0 Å². The topological polar surface area (TPSA) is 90.2 Å². The molecule has 1 heterocycles. The highest BCUT2D eigenvalue weighted by atomic mass is 16.7. The lowest BCUT2D eigenvalue weighted by Crippen LogP contribution is -2.46. The Bertz CT molecular complexity index is 150. The highest BCUT2D eigenvalue weighted by Crippen LogP contribution is 2.28. The monoisotopic (exact) mass is 164 g/mol. The molecule has 0 unspecified atom stereocenters. The van der Waals surface area contributed by atoms with E-state index < -0.39 is 30.7 Å². The predicted molar refractivity (Wildman–Crippen MR) is 34.6 cm³/mol. The number of aliphatic hydroxyl groups excluding tert-OH is 3. The van der Waals surface area contributed by atoms with Gasteiger partial charge in [0.2, 0.25) is 5.79 Å². The molecule has 0 aromatic rings. The van der Waals surface area contributed by atoms with Crippen LogP contribution in [-0.4, -0.2) is 51.1 Å². The van der Waals surface area contributed by atoms with Crippen LogP contribution in [0.3, 0.4) is 0 Å². The minimum atomic E-state index is -2.00. The normalized spacial score (nSPS) is 51.5. The summed E-state index contributed by atoms with van der Waals surface area (Å²) in [4.78, 5) is 0. The van der Waals surface area contributed by atoms with E-state index in [4.69, 9.17) is 20.1 Å². The Balaban J connectivity index is 2.73. The summed E-state index contributed by atoms with van der Waals surface area (Å²) in [6.07, 6.45) is -3.25. The second-order valence-corrected chi connectivity index (χ2v) is 2.76. The molecular formula is C6H12O5. The Hall–Kier alpha value is -0.200. The fourth-order valence-electron chi connectivity index (χ4n) is 1.12. The van der Waals surface area contributed by atoms with E-state index >= 15 is 0 Å². The molecule has 11 heavy (non-hydrogen) atoms. The first kappa shape index (κ1) is 8.89. The summed E-state index contributed by atoms with van der Waals surface area (Å²) in [7, 11) is 0. The Morgan fingerprint density at radius 1 is 1.45 bits per heavy atom. The molecule has 66 valence electrons. The van der Waals surface area contributed by atoms with Crippen LogP contribution in [0.1, 0.15) is 6.92 Å². The van der Waals surface area contributed by atoms with Crippen molar-refractivity contribution in [2.45, 2.75) is 31.0 Å². The van der Waals surface area contributed by atoms with Gasteiger partial charge in [-0.05, 0) is 6.92 Å². The zero-order chi connectivity index (χ0) is 8.65. The van der Waals surface area contributed by atoms with Crippen molar-refractivity contribution in [3.8, 4) is 0 Å². The summed E-state index contributed by atoms with van der Waals surface area (Å²) in [5.41, 5.74) is 0. The van der Waals surface area contributed by atoms with Crippen molar-refractivity contribution in [2.75, 3.05) is 6.61 Å². The van der Waals surface area contributed by atoms with Crippen LogP contribution in [-0.2, 0) is 4.74 Å². The predicted octanol–water partition coefficient (Wildman–Crippen LogP) is -2.19. The van der Waals surface area contributed by atoms with Gasteiger partial charge in [0.05, 0.1) is 12.7 Å². The molecule has 4 N–H and O–H groups in total. The molecule has 4 atom stereocenters. The van der Waals surface area contributed by atoms with E-state index in [0.717, 1.165) is 0 Å². The first-order valence-electron chi connectivity index (χ1n) is 3.38. The average molecular weight is 164 g/mol. The minimum absolute atomic E-state index is 0.665. The summed E-state index contributed by atoms with van der Waals surface area (Å²) in [5, 5.41) is 36.0. The summed E-state index contributed by atoms with van der Waals surface area (Å²) >= 11 is 0. The summed E-state index contributed by atoms with van der Waals surface area (Å²) in [6, 6.07) is 0. The van der Waals surface area contributed by atoms with E-state index in [2.05, 4.69) is 0 Å². The molecule has 0 saturated carbocycles. The molecule has 0 aliphatic carbocycles. The van der Waals surface area contributed by atoms with Crippen LogP contribution in [0.5, 0.6) is 0 Å². The Kier molecular flexibility index (Phi) is 2.17. The van der Waals surface area contributed by atoms with E-state index in [0.29, 0.717) is 0 Å². The quantitative estimate of drug-likeness (QED) is 0.353. The van der Waals surface area contributed by atoms with Crippen LogP contribution in [0.15, 0.2) is 0 Å². The van der Waals surface area contributed by atoms with Crippen molar-refractivity contribution in [2.24, 2.45) is 0 Å². The van der Waals surface area contributed by atoms with Gasteiger partial charge in [-0.25, -0.2) is 0 Å². The first-order chi connectivity index (χ1) is 5.01. The lowest BCUT2D eigenvalue weighted by Gasteiger charge is -2.22. The molecule has 1 aliphatic heterocycles. The maximum atomic E-state index is 9.23. The smallest absolute Gasteiger partial charge is 0.219 e. The second-order valence-electron chi connectivity index (χ2n) is 2.76. The van der Waals surface area contributed by atoms with E-state index in [1.54, 1.807) is 0 Å². The molecule has 0 aromatic carbocycles. The van der Waals surface area contributed by atoms with Gasteiger partial charge in [0.25, 0.3) is 0 Å². The van der Waals surface area contributed by atoms with Gasteiger partial charge in [-0.3, -0.25) is 0 Å². The fraction of sp³-hybridized carbons (Fsp3) is 1.00. The molecule has 1 fully saturated rings. The van der Waals surface area contributed by atoms with Gasteiger partial charge in [-0.15, -0.1) is 0 Å². The SMILES string of the molecule is C[C@@H]1O[C@](O)(CO)[C@@H](O)[C@H]1O. The van der Waals surface area contributed by atoms with Gasteiger partial charge in [0.15, 0.2) is 0 Å². The standard InChI is InChI=1S/C6H12O5/c1-3-4(8)5(9)6(10,2-7)11-3/h3-5,7-10H,2H2,1H3/t3-,4-,5-,6+/m0/s1. The Morgan fingerprint density at radius 3 is 2.18 bits per heavy atom. The largest absolute Gasteiger partial charge is 0.391 e. The van der Waals surface area contributed by atoms with Gasteiger partial charge < -0.3 is 25.2 Å². The molecule has 1 saturated heterocycles. The molecule has 1 rings (SSSR count). The maximum Gasteiger partial charge on any atom is 0.219 e. The zero-order valence-electron chi connectivity index (χ0n) is 6.14. The molecular weight excluding hydrogens is 152 g/mol. The van der Waals surface area contributed by atoms with Gasteiger partial charge in [0, 0.05) is 0 Å². The minimum Gasteiger partial charge on any atom is -0.391 e. The van der Waals surface area contributed by atoms with E-state index in [1.165, 1.54) is 6.92 Å². The maximum absolute atomic E-state index is 9.23. The third kappa shape index (κ3) is 1.25. The van der Waals surface area contributed by atoms with E-state index in [9.17, 15) is 5.11 Å². The van der Waals surface area contributed by atoms with Crippen molar-refractivity contribution < 1.29 is 25.2 Å². The van der Waals surface area contributed by atoms with Crippen LogP contribution in [0, 0.1) is 0 Å². The molecule has 5 nitrogen and oxygen atoms in total. The highest BCUT2D eigenvalue weighted by Gasteiger charge is 2.51. The van der Waals surface area contributed by atoms with Crippen molar-refractivity contribution in [3.05, 3.63) is 0 Å². The number of hydrogen-bond donors (Lipinski definition) is 4. The molecule has 0 aromatic heterocycles. The van der Waals surface area contributed by atoms with Crippen molar-refractivity contribution in [1.29, 1.82) is 0 Å². The number of rotatable bonds is 1. The zero-order valence-corrected chi connectivity index (χ0v) is 6.14. The van der Waals surface area contributed by atoms with E-state index in [-0.39, 0.29) is 0 Å². The van der Waals surface area contributed by atoms with Gasteiger partial charge >= 0.3 is 0 Å². The van der Waals surface area contributed by atoms with Crippen LogP contribution in [0.4, 0.5) is 0 Å². The third-order valence-electron chi connectivity index (χ3n) is 1.88. The van der Waals surface area contributed by atoms with Crippen LogP contribution in [0.25, 0.3) is 0 Å². The molecule has 0 bridgehead atoms. The Morgan fingerprint density at radius 2 is 2.00 bits per heavy atom. The average Bonchev–Trinajstić information content (AvgIpc) is 2.17. The Labute approximate surface area is 63.8 Å². The summed E-state index contributed by atoms with van der Waals surface area (Å²) < 4.78 is 4.73. The molecule has 0 radical (unpaired) electrons. The number of hydrogen-bond acceptors (Lipinski definition) is 5. The van der Waals surface area contributed by atoms with Crippen molar-refractivity contribution in [1.82, 2.24) is 0 Å². The van der Waals surface area contributed by atoms with Gasteiger partial charge in [0.1, 0.15) is 12.2 Å². The number of ether oxygens (including phenoxy) is 1. The molecule has 1 aliphatic rings. The summed E-state index contributed by atoms with van der Waals surface area (Å²) in [6.45, 7) is 0.775. The second kappa shape index (κ2) is 2.69. The molecule has 5 heteroatoms. The third-order valence-corrected chi connectivity index (χ3v) is 1.88. The lowest BCUT2D eigenvalue weighted by molar-refractivity contribution is -0.243.